The van der Waals surface area contributed by atoms with E-state index in [0.29, 0.717) is 12.8 Å². The van der Waals surface area contributed by atoms with E-state index < -0.39 is 5.97 Å². The van der Waals surface area contributed by atoms with Crippen molar-refractivity contribution in [2.75, 3.05) is 6.54 Å². The molecule has 0 rings (SSSR count). The van der Waals surface area contributed by atoms with Gasteiger partial charge in [0.25, 0.3) is 0 Å². The van der Waals surface area contributed by atoms with Crippen LogP contribution in [0.1, 0.15) is 162 Å². The third kappa shape index (κ3) is 34.0. The van der Waals surface area contributed by atoms with E-state index in [9.17, 15) is 14.4 Å². The normalized spacial score (nSPS) is 12.7. The van der Waals surface area contributed by atoms with Gasteiger partial charge in [-0.1, -0.05) is 127 Å². The number of ether oxygens (including phenoxy) is 1. The molecule has 0 heterocycles. The summed E-state index contributed by atoms with van der Waals surface area (Å²) in [5.74, 6) is -1.41. The number of hydrogen-bond donors (Lipinski definition) is 2. The maximum atomic E-state index is 12.5. The molecule has 1 unspecified atom stereocenters. The topological polar surface area (TPSA) is 92.7 Å². The monoisotopic (exact) mass is 642 g/mol. The minimum Gasteiger partial charge on any atom is -0.480 e. The summed E-state index contributed by atoms with van der Waals surface area (Å²) >= 11 is 0. The first-order valence-electron chi connectivity index (χ1n) is 18.5. The third-order valence-electron chi connectivity index (χ3n) is 7.64. The van der Waals surface area contributed by atoms with Crippen LogP contribution in [0.2, 0.25) is 0 Å². The van der Waals surface area contributed by atoms with Crippen molar-refractivity contribution >= 4 is 17.8 Å². The number of carboxylic acids is 1. The zero-order valence-electron chi connectivity index (χ0n) is 29.4. The zero-order chi connectivity index (χ0) is 33.8. The largest absolute Gasteiger partial charge is 0.480 e. The number of esters is 1. The molecule has 0 aliphatic heterocycles. The summed E-state index contributed by atoms with van der Waals surface area (Å²) in [5, 5.41) is 11.0. The number of carbonyl (C=O) groups is 3. The minimum atomic E-state index is -1.04. The molecule has 0 aromatic heterocycles. The molecule has 0 aromatic rings. The summed E-state index contributed by atoms with van der Waals surface area (Å²) in [7, 11) is 0. The highest BCUT2D eigenvalue weighted by molar-refractivity contribution is 5.80. The number of allylic oxidation sites excluding steroid dienone is 8. The Labute approximate surface area is 281 Å². The standard InChI is InChI=1S/C40H67NO5/c1-3-5-7-9-10-11-12-13-14-15-16-17-18-19-20-21-22-27-31-35-40(45)46-37(32-28-24-8-6-4-2)33-29-25-23-26-30-34-38(42)41-36-39(43)44/h6,8,10-11,13-14,28-29,32-33,37H,3-5,7,9,12,15-27,30-31,34-36H2,1-2H3,(H,41,42)(H,43,44)/b8-6-,11-10-,14-13-,32-28-,33-29-. The van der Waals surface area contributed by atoms with Crippen LogP contribution < -0.4 is 5.32 Å². The van der Waals surface area contributed by atoms with Crippen LogP contribution in [0, 0.1) is 0 Å². The molecule has 0 aromatic carbocycles. The van der Waals surface area contributed by atoms with Crippen molar-refractivity contribution in [2.45, 2.75) is 168 Å². The zero-order valence-corrected chi connectivity index (χ0v) is 29.4. The first kappa shape index (κ1) is 43.1. The Balaban J connectivity index is 4.01. The van der Waals surface area contributed by atoms with Crippen LogP contribution in [0.25, 0.3) is 0 Å². The Morgan fingerprint density at radius 1 is 0.587 bits per heavy atom. The maximum absolute atomic E-state index is 12.5. The lowest BCUT2D eigenvalue weighted by Crippen LogP contribution is -2.28. The van der Waals surface area contributed by atoms with Gasteiger partial charge >= 0.3 is 11.9 Å². The van der Waals surface area contributed by atoms with Gasteiger partial charge in [0.05, 0.1) is 0 Å². The van der Waals surface area contributed by atoms with E-state index >= 15 is 0 Å². The van der Waals surface area contributed by atoms with E-state index in [1.165, 1.54) is 77.0 Å². The van der Waals surface area contributed by atoms with Gasteiger partial charge in [-0.3, -0.25) is 14.4 Å². The molecule has 0 aliphatic carbocycles. The van der Waals surface area contributed by atoms with Crippen molar-refractivity contribution in [1.29, 1.82) is 0 Å². The van der Waals surface area contributed by atoms with Gasteiger partial charge in [0.15, 0.2) is 0 Å². The molecule has 6 heteroatoms. The van der Waals surface area contributed by atoms with E-state index in [1.807, 2.05) is 24.3 Å². The van der Waals surface area contributed by atoms with Crippen molar-refractivity contribution in [3.8, 4) is 0 Å². The Bertz CT molecular complexity index is 886. The van der Waals surface area contributed by atoms with Crippen molar-refractivity contribution in [3.63, 3.8) is 0 Å². The lowest BCUT2D eigenvalue weighted by Gasteiger charge is -2.11. The van der Waals surface area contributed by atoms with Crippen molar-refractivity contribution in [2.24, 2.45) is 0 Å². The summed E-state index contributed by atoms with van der Waals surface area (Å²) in [6, 6.07) is 0. The van der Waals surface area contributed by atoms with Gasteiger partial charge in [0.1, 0.15) is 12.6 Å². The fourth-order valence-electron chi connectivity index (χ4n) is 4.91. The molecule has 0 saturated carbocycles. The molecule has 2 N–H and O–H groups in total. The van der Waals surface area contributed by atoms with E-state index in [2.05, 4.69) is 55.6 Å². The quantitative estimate of drug-likeness (QED) is 0.0433. The van der Waals surface area contributed by atoms with Crippen LogP contribution >= 0.6 is 0 Å². The second kappa shape index (κ2) is 35.0. The molecule has 0 fully saturated rings. The van der Waals surface area contributed by atoms with Gasteiger partial charge in [-0.2, -0.15) is 0 Å². The summed E-state index contributed by atoms with van der Waals surface area (Å²) < 4.78 is 5.75. The maximum Gasteiger partial charge on any atom is 0.322 e. The summed E-state index contributed by atoms with van der Waals surface area (Å²) in [5.41, 5.74) is 0. The predicted octanol–water partition coefficient (Wildman–Crippen LogP) is 10.9. The predicted molar refractivity (Wildman–Crippen MR) is 194 cm³/mol. The van der Waals surface area contributed by atoms with E-state index in [-0.39, 0.29) is 24.5 Å². The molecule has 0 saturated heterocycles. The van der Waals surface area contributed by atoms with Crippen LogP contribution in [0.4, 0.5) is 0 Å². The van der Waals surface area contributed by atoms with Gasteiger partial charge in [-0.05, 0) is 82.8 Å². The Kier molecular flexibility index (Phi) is 32.8. The Morgan fingerprint density at radius 3 is 1.72 bits per heavy atom. The molecule has 262 valence electrons. The number of carbonyl (C=O) groups excluding carboxylic acids is 2. The molecule has 0 bridgehead atoms. The van der Waals surface area contributed by atoms with Crippen LogP contribution in [0.15, 0.2) is 60.8 Å². The number of rotatable bonds is 32. The van der Waals surface area contributed by atoms with E-state index in [4.69, 9.17) is 9.84 Å². The lowest BCUT2D eigenvalue weighted by atomic mass is 10.1. The van der Waals surface area contributed by atoms with E-state index in [1.54, 1.807) is 0 Å². The van der Waals surface area contributed by atoms with Crippen LogP contribution in [-0.2, 0) is 19.1 Å². The Hall–Kier alpha value is -2.89. The molecule has 1 amide bonds. The second-order valence-corrected chi connectivity index (χ2v) is 12.1. The average molecular weight is 642 g/mol. The van der Waals surface area contributed by atoms with Gasteiger partial charge in [0, 0.05) is 12.8 Å². The molecule has 0 radical (unpaired) electrons. The third-order valence-corrected chi connectivity index (χ3v) is 7.64. The number of amides is 1. The first-order valence-corrected chi connectivity index (χ1v) is 18.5. The number of aliphatic carboxylic acids is 1. The highest BCUT2D eigenvalue weighted by atomic mass is 16.5. The van der Waals surface area contributed by atoms with Gasteiger partial charge < -0.3 is 15.2 Å². The van der Waals surface area contributed by atoms with Gasteiger partial charge in [-0.15, -0.1) is 0 Å². The number of unbranched alkanes of at least 4 members (excludes halogenated alkanes) is 15. The number of nitrogens with one attached hydrogen (secondary N) is 1. The fraction of sp³-hybridized carbons (Fsp3) is 0.675. The Morgan fingerprint density at radius 2 is 1.09 bits per heavy atom. The fourth-order valence-corrected chi connectivity index (χ4v) is 4.91. The van der Waals surface area contributed by atoms with E-state index in [0.717, 1.165) is 57.8 Å². The molecule has 1 atom stereocenters. The minimum absolute atomic E-state index is 0.146. The van der Waals surface area contributed by atoms with Crippen molar-refractivity contribution < 1.29 is 24.2 Å². The number of hydrogen-bond acceptors (Lipinski definition) is 4. The summed E-state index contributed by atoms with van der Waals surface area (Å²) in [6.07, 6.45) is 45.4. The molecule has 0 aliphatic rings. The SMILES string of the molecule is CC/C=C\C/C=C\C(/C=C\CCCCCC(=O)NCC(=O)O)OC(=O)CCCCCCCCCCC/C=C\C/C=C\CCCCC. The molecular weight excluding hydrogens is 574 g/mol. The molecule has 46 heavy (non-hydrogen) atoms. The van der Waals surface area contributed by atoms with Crippen LogP contribution in [-0.4, -0.2) is 35.6 Å². The first-order chi connectivity index (χ1) is 22.5. The highest BCUT2D eigenvalue weighted by Crippen LogP contribution is 2.13. The average Bonchev–Trinajstić information content (AvgIpc) is 3.04. The molecule has 0 spiro atoms. The highest BCUT2D eigenvalue weighted by Gasteiger charge is 2.09. The molecule has 6 nitrogen and oxygen atoms in total. The van der Waals surface area contributed by atoms with Crippen LogP contribution in [0.3, 0.4) is 0 Å². The number of carboxylic acid groups (broad SMARTS) is 1. The van der Waals surface area contributed by atoms with Crippen molar-refractivity contribution in [3.05, 3.63) is 60.8 Å². The summed E-state index contributed by atoms with van der Waals surface area (Å²) in [6.45, 7) is 4.02. The van der Waals surface area contributed by atoms with Gasteiger partial charge in [-0.25, -0.2) is 0 Å². The second-order valence-electron chi connectivity index (χ2n) is 12.1. The molecular formula is C40H67NO5. The van der Waals surface area contributed by atoms with Crippen molar-refractivity contribution in [1.82, 2.24) is 5.32 Å². The van der Waals surface area contributed by atoms with Crippen LogP contribution in [0.5, 0.6) is 0 Å². The summed E-state index contributed by atoms with van der Waals surface area (Å²) in [4.78, 5) is 34.6. The van der Waals surface area contributed by atoms with Gasteiger partial charge in [0.2, 0.25) is 5.91 Å². The lowest BCUT2D eigenvalue weighted by molar-refractivity contribution is -0.145. The smallest absolute Gasteiger partial charge is 0.322 e.